The number of carbonyl (C=O) groups is 1. The molecule has 29 heavy (non-hydrogen) atoms. The Balaban J connectivity index is 2.13. The summed E-state index contributed by atoms with van der Waals surface area (Å²) in [7, 11) is 0. The van der Waals surface area contributed by atoms with Crippen LogP contribution in [0.5, 0.6) is 0 Å². The van der Waals surface area contributed by atoms with Crippen LogP contribution in [0.2, 0.25) is 0 Å². The maximum Gasteiger partial charge on any atom is 0.270 e. The van der Waals surface area contributed by atoms with Crippen LogP contribution in [0.25, 0.3) is 0 Å². The number of amides is 1. The topological polar surface area (TPSA) is 96.3 Å². The van der Waals surface area contributed by atoms with E-state index in [1.54, 1.807) is 0 Å². The van der Waals surface area contributed by atoms with Gasteiger partial charge in [0.1, 0.15) is 6.17 Å². The molecule has 0 spiro atoms. The highest BCUT2D eigenvalue weighted by Crippen LogP contribution is 2.29. The van der Waals surface area contributed by atoms with Crippen molar-refractivity contribution in [1.29, 1.82) is 0 Å². The second-order valence-electron chi connectivity index (χ2n) is 6.17. The van der Waals surface area contributed by atoms with Crippen LogP contribution in [0, 0.1) is 24.0 Å². The number of hydrogen-bond acceptors (Lipinski definition) is 4. The fourth-order valence-corrected chi connectivity index (χ4v) is 2.97. The molecule has 3 N–H and O–H groups in total. The minimum absolute atomic E-state index is 0.0357. The zero-order chi connectivity index (χ0) is 21.8. The van der Waals surface area contributed by atoms with Gasteiger partial charge in [0.2, 0.25) is 3.79 Å². The zero-order valence-electron chi connectivity index (χ0n) is 15.3. The van der Waals surface area contributed by atoms with Gasteiger partial charge in [-0.05, 0) is 43.8 Å². The first-order chi connectivity index (χ1) is 13.5. The van der Waals surface area contributed by atoms with Crippen molar-refractivity contribution >= 4 is 69.4 Å². The SMILES string of the molecule is Cc1ccc(NC(=S)N[C@@H](NC(=O)c2cccc([N+](=O)[O-])c2)C(Cl)(Cl)Cl)c(C)c1. The Morgan fingerprint density at radius 3 is 2.41 bits per heavy atom. The smallest absolute Gasteiger partial charge is 0.270 e. The summed E-state index contributed by atoms with van der Waals surface area (Å²) in [6.45, 7) is 3.88. The summed E-state index contributed by atoms with van der Waals surface area (Å²) in [6.07, 6.45) is -1.20. The first-order valence-corrected chi connectivity index (χ1v) is 9.78. The van der Waals surface area contributed by atoms with Gasteiger partial charge in [-0.3, -0.25) is 14.9 Å². The van der Waals surface area contributed by atoms with E-state index >= 15 is 0 Å². The van der Waals surface area contributed by atoms with Crippen LogP contribution in [0.3, 0.4) is 0 Å². The van der Waals surface area contributed by atoms with Gasteiger partial charge in [-0.1, -0.05) is 58.6 Å². The highest BCUT2D eigenvalue weighted by atomic mass is 35.6. The predicted molar refractivity (Wildman–Crippen MR) is 120 cm³/mol. The molecule has 0 heterocycles. The molecule has 7 nitrogen and oxygen atoms in total. The minimum Gasteiger partial charge on any atom is -0.339 e. The summed E-state index contributed by atoms with van der Waals surface area (Å²) < 4.78 is -1.95. The molecule has 0 aliphatic heterocycles. The van der Waals surface area contributed by atoms with Crippen molar-refractivity contribution in [2.75, 3.05) is 5.32 Å². The highest BCUT2D eigenvalue weighted by molar-refractivity contribution is 7.80. The Morgan fingerprint density at radius 1 is 1.14 bits per heavy atom. The average Bonchev–Trinajstić information content (AvgIpc) is 2.62. The lowest BCUT2D eigenvalue weighted by Gasteiger charge is -2.28. The van der Waals surface area contributed by atoms with Gasteiger partial charge in [-0.2, -0.15) is 0 Å². The third-order valence-corrected chi connectivity index (χ3v) is 4.70. The van der Waals surface area contributed by atoms with Gasteiger partial charge in [-0.15, -0.1) is 0 Å². The lowest BCUT2D eigenvalue weighted by atomic mass is 10.1. The van der Waals surface area contributed by atoms with Crippen LogP contribution in [-0.4, -0.2) is 25.9 Å². The fourth-order valence-electron chi connectivity index (χ4n) is 2.42. The average molecular weight is 476 g/mol. The summed E-state index contributed by atoms with van der Waals surface area (Å²) in [5.41, 5.74) is 2.60. The third kappa shape index (κ3) is 6.71. The van der Waals surface area contributed by atoms with Crippen molar-refractivity contribution < 1.29 is 9.72 Å². The quantitative estimate of drug-likeness (QED) is 0.192. The van der Waals surface area contributed by atoms with Gasteiger partial charge >= 0.3 is 0 Å². The molecule has 0 aromatic heterocycles. The standard InChI is InChI=1S/C18H17Cl3N4O3S/c1-10-6-7-14(11(2)8-10)22-17(29)24-16(18(19,20)21)23-15(26)12-4-3-5-13(9-12)25(27)28/h3-9,16H,1-2H3,(H,23,26)(H2,22,24,29)/t16-/m1/s1. The largest absolute Gasteiger partial charge is 0.339 e. The van der Waals surface area contributed by atoms with Crippen molar-refractivity contribution in [2.45, 2.75) is 23.8 Å². The number of non-ortho nitro benzene ring substituents is 1. The Hall–Kier alpha value is -2.13. The molecule has 0 aliphatic carbocycles. The molecular weight excluding hydrogens is 459 g/mol. The number of benzene rings is 2. The minimum atomic E-state index is -1.95. The molecule has 2 aromatic rings. The van der Waals surface area contributed by atoms with E-state index in [-0.39, 0.29) is 16.4 Å². The zero-order valence-corrected chi connectivity index (χ0v) is 18.4. The number of anilines is 1. The molecule has 0 saturated heterocycles. The molecule has 0 aliphatic rings. The van der Waals surface area contributed by atoms with Crippen molar-refractivity contribution in [3.63, 3.8) is 0 Å². The normalized spacial score (nSPS) is 12.0. The molecule has 1 amide bonds. The number of hydrogen-bond donors (Lipinski definition) is 3. The summed E-state index contributed by atoms with van der Waals surface area (Å²) >= 11 is 23.2. The monoisotopic (exact) mass is 474 g/mol. The van der Waals surface area contributed by atoms with Gasteiger partial charge in [0.25, 0.3) is 11.6 Å². The van der Waals surface area contributed by atoms with Crippen LogP contribution >= 0.6 is 47.0 Å². The first-order valence-electron chi connectivity index (χ1n) is 8.24. The maximum atomic E-state index is 12.5. The summed E-state index contributed by atoms with van der Waals surface area (Å²) in [5, 5.41) is 19.2. The molecule has 11 heteroatoms. The Kier molecular flexibility index (Phi) is 7.65. The van der Waals surface area contributed by atoms with E-state index in [4.69, 9.17) is 47.0 Å². The van der Waals surface area contributed by atoms with Gasteiger partial charge in [0.15, 0.2) is 5.11 Å². The number of halogens is 3. The number of thiocarbonyl (C=S) groups is 1. The molecular formula is C18H17Cl3N4O3S. The molecule has 0 unspecified atom stereocenters. The van der Waals surface area contributed by atoms with E-state index in [0.717, 1.165) is 22.9 Å². The molecule has 0 bridgehead atoms. The fraction of sp³-hybridized carbons (Fsp3) is 0.222. The Morgan fingerprint density at radius 2 is 1.83 bits per heavy atom. The number of nitrogens with zero attached hydrogens (tertiary/aromatic N) is 1. The van der Waals surface area contributed by atoms with Gasteiger partial charge in [-0.25, -0.2) is 0 Å². The predicted octanol–water partition coefficient (Wildman–Crippen LogP) is 4.62. The number of nitro groups is 1. The van der Waals surface area contributed by atoms with Gasteiger partial charge in [0.05, 0.1) is 4.92 Å². The summed E-state index contributed by atoms with van der Waals surface area (Å²) in [4.78, 5) is 22.8. The van der Waals surface area contributed by atoms with Crippen molar-refractivity contribution in [3.05, 3.63) is 69.3 Å². The molecule has 0 saturated carbocycles. The maximum absolute atomic E-state index is 12.5. The molecule has 0 fully saturated rings. The molecule has 2 rings (SSSR count). The van der Waals surface area contributed by atoms with Crippen LogP contribution in [-0.2, 0) is 0 Å². The lowest BCUT2D eigenvalue weighted by molar-refractivity contribution is -0.384. The highest BCUT2D eigenvalue weighted by Gasteiger charge is 2.35. The van der Waals surface area contributed by atoms with Crippen LogP contribution in [0.4, 0.5) is 11.4 Å². The third-order valence-electron chi connectivity index (χ3n) is 3.83. The molecule has 2 aromatic carbocycles. The van der Waals surface area contributed by atoms with Gasteiger partial charge in [0, 0.05) is 23.4 Å². The van der Waals surface area contributed by atoms with E-state index in [1.807, 2.05) is 32.0 Å². The number of rotatable bonds is 5. The van der Waals surface area contributed by atoms with Crippen LogP contribution in [0.15, 0.2) is 42.5 Å². The van der Waals surface area contributed by atoms with Gasteiger partial charge < -0.3 is 16.0 Å². The first kappa shape index (κ1) is 23.2. The number of alkyl halides is 3. The van der Waals surface area contributed by atoms with E-state index in [2.05, 4.69) is 16.0 Å². The van der Waals surface area contributed by atoms with Crippen LogP contribution in [0.1, 0.15) is 21.5 Å². The summed E-state index contributed by atoms with van der Waals surface area (Å²) in [5.74, 6) is -0.674. The Labute approximate surface area is 187 Å². The Bertz CT molecular complexity index is 950. The van der Waals surface area contributed by atoms with Crippen molar-refractivity contribution in [2.24, 2.45) is 0 Å². The van der Waals surface area contributed by atoms with Crippen LogP contribution < -0.4 is 16.0 Å². The van der Waals surface area contributed by atoms with Crippen molar-refractivity contribution in [1.82, 2.24) is 10.6 Å². The van der Waals surface area contributed by atoms with E-state index in [1.165, 1.54) is 18.2 Å². The molecule has 1 atom stereocenters. The second-order valence-corrected chi connectivity index (χ2v) is 8.95. The number of aryl methyl sites for hydroxylation is 2. The summed E-state index contributed by atoms with van der Waals surface area (Å²) in [6, 6.07) is 10.9. The number of nitrogens with one attached hydrogen (secondary N) is 3. The van der Waals surface area contributed by atoms with E-state index in [0.29, 0.717) is 0 Å². The molecule has 0 radical (unpaired) electrons. The molecule has 154 valence electrons. The van der Waals surface area contributed by atoms with E-state index < -0.39 is 20.8 Å². The van der Waals surface area contributed by atoms with Crippen molar-refractivity contribution in [3.8, 4) is 0 Å². The number of carbonyl (C=O) groups excluding carboxylic acids is 1. The second kappa shape index (κ2) is 9.58. The van der Waals surface area contributed by atoms with E-state index in [9.17, 15) is 14.9 Å². The lowest BCUT2D eigenvalue weighted by Crippen LogP contribution is -2.56. The number of nitro benzene ring substituents is 1.